The number of nitrogens with zero attached hydrogens (tertiary/aromatic N) is 4. The van der Waals surface area contributed by atoms with E-state index in [1.54, 1.807) is 4.57 Å². The quantitative estimate of drug-likeness (QED) is 0.282. The average molecular weight is 495 g/mol. The smallest absolute Gasteiger partial charge is 0.416 e. The van der Waals surface area contributed by atoms with Gasteiger partial charge in [0.25, 0.3) is 0 Å². The molecule has 0 saturated heterocycles. The number of ether oxygens (including phenoxy) is 1. The van der Waals surface area contributed by atoms with Gasteiger partial charge in [-0.25, -0.2) is 9.78 Å². The van der Waals surface area contributed by atoms with Gasteiger partial charge in [-0.3, -0.25) is 0 Å². The van der Waals surface area contributed by atoms with Gasteiger partial charge in [-0.2, -0.15) is 27.5 Å². The molecule has 8 nitrogen and oxygen atoms in total. The number of halogens is 6. The first-order valence-corrected chi connectivity index (χ1v) is 9.92. The molecule has 0 saturated carbocycles. The van der Waals surface area contributed by atoms with Crippen LogP contribution in [0.3, 0.4) is 0 Å². The molecular weight excluding hydrogens is 479 g/mol. The Kier molecular flexibility index (Phi) is 7.24. The number of alkyl halides is 3. The molecule has 2 aromatic heterocycles. The lowest BCUT2D eigenvalue weighted by Gasteiger charge is -2.16. The molecule has 0 bridgehead atoms. The van der Waals surface area contributed by atoms with E-state index in [1.807, 2.05) is 0 Å². The van der Waals surface area contributed by atoms with E-state index in [1.165, 1.54) is 6.33 Å². The van der Waals surface area contributed by atoms with Crippen LogP contribution in [-0.2, 0) is 24.0 Å². The number of nitrogens with two attached hydrogens (primary N) is 1. The van der Waals surface area contributed by atoms with Gasteiger partial charge in [-0.15, -0.1) is 0 Å². The van der Waals surface area contributed by atoms with Crippen molar-refractivity contribution in [3.63, 3.8) is 0 Å². The molecule has 0 unspecified atom stereocenters. The van der Waals surface area contributed by atoms with Crippen LogP contribution in [0.2, 0.25) is 10.0 Å². The van der Waals surface area contributed by atoms with Gasteiger partial charge in [0, 0.05) is 18.7 Å². The Bertz CT molecular complexity index is 1140. The SMILES string of the molecule is Nc1nc(F)nc2c1ncn2CCCCOC(=O)NCc1c(C(F)(F)F)ccc(Cl)c1Cl. The second kappa shape index (κ2) is 9.74. The first-order valence-electron chi connectivity index (χ1n) is 9.16. The minimum atomic E-state index is -4.66. The molecule has 0 fully saturated rings. The molecular formula is C18H16Cl2F4N6O2. The van der Waals surface area contributed by atoms with Crippen molar-refractivity contribution >= 4 is 46.3 Å². The zero-order chi connectivity index (χ0) is 23.5. The van der Waals surface area contributed by atoms with Gasteiger partial charge in [-0.1, -0.05) is 23.2 Å². The minimum Gasteiger partial charge on any atom is -0.450 e. The van der Waals surface area contributed by atoms with E-state index >= 15 is 0 Å². The molecule has 1 aromatic carbocycles. The number of hydrogen-bond acceptors (Lipinski definition) is 6. The predicted molar refractivity (Wildman–Crippen MR) is 109 cm³/mol. The fourth-order valence-corrected chi connectivity index (χ4v) is 3.30. The molecule has 0 atom stereocenters. The molecule has 0 radical (unpaired) electrons. The molecule has 3 N–H and O–H groups in total. The molecule has 32 heavy (non-hydrogen) atoms. The van der Waals surface area contributed by atoms with E-state index < -0.39 is 30.5 Å². The van der Waals surface area contributed by atoms with Crippen LogP contribution in [0.25, 0.3) is 11.2 Å². The number of nitrogens with one attached hydrogen (secondary N) is 1. The largest absolute Gasteiger partial charge is 0.450 e. The molecule has 3 aromatic rings. The lowest BCUT2D eigenvalue weighted by molar-refractivity contribution is -0.138. The highest BCUT2D eigenvalue weighted by Gasteiger charge is 2.34. The third-order valence-electron chi connectivity index (χ3n) is 4.40. The number of rotatable bonds is 7. The van der Waals surface area contributed by atoms with Crippen LogP contribution in [0, 0.1) is 6.08 Å². The number of imidazole rings is 1. The van der Waals surface area contributed by atoms with Crippen molar-refractivity contribution in [1.29, 1.82) is 0 Å². The highest BCUT2D eigenvalue weighted by molar-refractivity contribution is 6.42. The number of fused-ring (bicyclic) bond motifs is 1. The van der Waals surface area contributed by atoms with E-state index in [0.29, 0.717) is 19.4 Å². The highest BCUT2D eigenvalue weighted by atomic mass is 35.5. The number of alkyl carbamates (subject to hydrolysis) is 1. The molecule has 172 valence electrons. The van der Waals surface area contributed by atoms with Crippen molar-refractivity contribution in [3.05, 3.63) is 45.7 Å². The number of hydrogen-bond donors (Lipinski definition) is 2. The molecule has 0 spiro atoms. The number of anilines is 1. The maximum absolute atomic E-state index is 13.3. The Labute approximate surface area is 188 Å². The molecule has 1 amide bonds. The Morgan fingerprint density at radius 3 is 2.69 bits per heavy atom. The van der Waals surface area contributed by atoms with Crippen molar-refractivity contribution in [3.8, 4) is 0 Å². The zero-order valence-corrected chi connectivity index (χ0v) is 17.7. The van der Waals surface area contributed by atoms with E-state index in [-0.39, 0.29) is 39.2 Å². The summed E-state index contributed by atoms with van der Waals surface area (Å²) in [6.07, 6.45) is -4.17. The second-order valence-electron chi connectivity index (χ2n) is 6.57. The molecule has 2 heterocycles. The molecule has 3 rings (SSSR count). The van der Waals surface area contributed by atoms with Crippen molar-refractivity contribution in [2.24, 2.45) is 0 Å². The standard InChI is InChI=1S/C18H16Cl2F4N6O2/c19-11-4-3-10(18(22,23)24)9(12(11)20)7-26-17(31)32-6-2-1-5-30-8-27-13-14(25)28-16(21)29-15(13)30/h3-4,8H,1-2,5-7H2,(H,26,31)(H2,25,28,29). The van der Waals surface area contributed by atoms with Gasteiger partial charge in [-0.05, 0) is 25.0 Å². The van der Waals surface area contributed by atoms with Crippen molar-refractivity contribution in [2.45, 2.75) is 32.1 Å². The number of nitrogen functional groups attached to an aromatic ring is 1. The summed E-state index contributed by atoms with van der Waals surface area (Å²) < 4.78 is 59.3. The topological polar surface area (TPSA) is 108 Å². The maximum atomic E-state index is 13.3. The van der Waals surface area contributed by atoms with Crippen molar-refractivity contribution in [1.82, 2.24) is 24.8 Å². The number of unbranched alkanes of at least 4 members (excludes halogenated alkanes) is 1. The predicted octanol–water partition coefficient (Wildman–Crippen LogP) is 4.58. The fraction of sp³-hybridized carbons (Fsp3) is 0.333. The Morgan fingerprint density at radius 1 is 1.22 bits per heavy atom. The third-order valence-corrected chi connectivity index (χ3v) is 5.24. The van der Waals surface area contributed by atoms with Gasteiger partial charge in [0.2, 0.25) is 0 Å². The minimum absolute atomic E-state index is 0.000642. The van der Waals surface area contributed by atoms with E-state index in [0.717, 1.165) is 12.1 Å². The first-order chi connectivity index (χ1) is 15.1. The summed E-state index contributed by atoms with van der Waals surface area (Å²) in [6.45, 7) is -0.120. The molecule has 0 aliphatic heterocycles. The summed E-state index contributed by atoms with van der Waals surface area (Å²) in [4.78, 5) is 22.9. The van der Waals surface area contributed by atoms with Crippen LogP contribution in [-0.4, -0.2) is 32.2 Å². The van der Waals surface area contributed by atoms with Crippen LogP contribution in [0.15, 0.2) is 18.5 Å². The van der Waals surface area contributed by atoms with E-state index in [9.17, 15) is 22.4 Å². The number of carbonyl (C=O) groups is 1. The molecule has 0 aliphatic rings. The third kappa shape index (κ3) is 5.49. The molecule has 0 aliphatic carbocycles. The Balaban J connectivity index is 1.47. The summed E-state index contributed by atoms with van der Waals surface area (Å²) >= 11 is 11.7. The number of carbonyl (C=O) groups excluding carboxylic acids is 1. The highest BCUT2D eigenvalue weighted by Crippen LogP contribution is 2.38. The van der Waals surface area contributed by atoms with Gasteiger partial charge in [0.15, 0.2) is 11.5 Å². The second-order valence-corrected chi connectivity index (χ2v) is 7.36. The van der Waals surface area contributed by atoms with Crippen LogP contribution < -0.4 is 11.1 Å². The summed E-state index contributed by atoms with van der Waals surface area (Å²) in [5.74, 6) is -0.0697. The number of aromatic nitrogens is 4. The zero-order valence-electron chi connectivity index (χ0n) is 16.2. The normalized spacial score (nSPS) is 11.7. The molecule has 14 heteroatoms. The Hall–Kier alpha value is -2.86. The van der Waals surface area contributed by atoms with Crippen molar-refractivity contribution < 1.29 is 27.1 Å². The van der Waals surface area contributed by atoms with E-state index in [4.69, 9.17) is 33.7 Å². The fourth-order valence-electron chi connectivity index (χ4n) is 2.89. The van der Waals surface area contributed by atoms with Gasteiger partial charge >= 0.3 is 18.3 Å². The lowest BCUT2D eigenvalue weighted by atomic mass is 10.1. The van der Waals surface area contributed by atoms with Gasteiger partial charge in [0.1, 0.15) is 5.52 Å². The Morgan fingerprint density at radius 2 is 1.97 bits per heavy atom. The maximum Gasteiger partial charge on any atom is 0.416 e. The van der Waals surface area contributed by atoms with Gasteiger partial charge < -0.3 is 20.4 Å². The average Bonchev–Trinajstić information content (AvgIpc) is 3.11. The van der Waals surface area contributed by atoms with Crippen LogP contribution in [0.1, 0.15) is 24.0 Å². The number of aryl methyl sites for hydroxylation is 1. The summed E-state index contributed by atoms with van der Waals surface area (Å²) in [5, 5.41) is 1.87. The number of benzene rings is 1. The summed E-state index contributed by atoms with van der Waals surface area (Å²) in [5.41, 5.74) is 4.76. The number of amides is 1. The van der Waals surface area contributed by atoms with Gasteiger partial charge in [0.05, 0.1) is 28.5 Å². The van der Waals surface area contributed by atoms with Crippen LogP contribution >= 0.6 is 23.2 Å². The van der Waals surface area contributed by atoms with Crippen molar-refractivity contribution in [2.75, 3.05) is 12.3 Å². The van der Waals surface area contributed by atoms with Crippen LogP contribution in [0.5, 0.6) is 0 Å². The first kappa shape index (κ1) is 23.8. The summed E-state index contributed by atoms with van der Waals surface area (Å²) in [7, 11) is 0. The lowest BCUT2D eigenvalue weighted by Crippen LogP contribution is -2.26. The monoisotopic (exact) mass is 494 g/mol. The van der Waals surface area contributed by atoms with E-state index in [2.05, 4.69) is 20.3 Å². The summed E-state index contributed by atoms with van der Waals surface area (Å²) in [6, 6.07) is 1.83. The van der Waals surface area contributed by atoms with Crippen LogP contribution in [0.4, 0.5) is 28.2 Å².